The smallest absolute Gasteiger partial charge is 0.0499 e. The molecular weight excluding hydrogens is 160 g/mol. The van der Waals surface area contributed by atoms with E-state index in [-0.39, 0.29) is 0 Å². The average molecular weight is 180 g/mol. The Morgan fingerprint density at radius 2 is 2.31 bits per heavy atom. The summed E-state index contributed by atoms with van der Waals surface area (Å²) in [7, 11) is 1.79. The third kappa shape index (κ3) is 1.34. The lowest BCUT2D eigenvalue weighted by Gasteiger charge is -2.56. The van der Waals surface area contributed by atoms with Gasteiger partial charge in [-0.15, -0.1) is 0 Å². The highest BCUT2D eigenvalue weighted by atomic mass is 16.5. The molecule has 0 radical (unpaired) electrons. The second-order valence-electron chi connectivity index (χ2n) is 5.06. The largest absolute Gasteiger partial charge is 0.384 e. The second-order valence-corrected chi connectivity index (χ2v) is 5.06. The van der Waals surface area contributed by atoms with Gasteiger partial charge in [-0.25, -0.2) is 0 Å². The molecule has 3 aliphatic carbocycles. The van der Waals surface area contributed by atoms with E-state index < -0.39 is 0 Å². The molecule has 3 rings (SSSR count). The van der Waals surface area contributed by atoms with Crippen LogP contribution >= 0.6 is 0 Å². The maximum absolute atomic E-state index is 5.14. The van der Waals surface area contributed by atoms with Crippen LogP contribution in [-0.2, 0) is 4.74 Å². The van der Waals surface area contributed by atoms with E-state index in [1.54, 1.807) is 12.7 Å². The van der Waals surface area contributed by atoms with Crippen molar-refractivity contribution in [3.05, 3.63) is 11.6 Å². The van der Waals surface area contributed by atoms with E-state index in [9.17, 15) is 0 Å². The zero-order chi connectivity index (χ0) is 9.47. The van der Waals surface area contributed by atoms with Gasteiger partial charge in [-0.05, 0) is 36.5 Å². The summed E-state index contributed by atoms with van der Waals surface area (Å²) in [6.07, 6.45) is 6.35. The van der Waals surface area contributed by atoms with Crippen molar-refractivity contribution in [2.45, 2.75) is 33.1 Å². The number of ether oxygens (including phenoxy) is 1. The fourth-order valence-corrected chi connectivity index (χ4v) is 2.98. The van der Waals surface area contributed by atoms with Crippen molar-refractivity contribution in [3.8, 4) is 0 Å². The summed E-state index contributed by atoms with van der Waals surface area (Å²) in [4.78, 5) is 0. The lowest BCUT2D eigenvalue weighted by molar-refractivity contribution is -0.0101. The monoisotopic (exact) mass is 180 g/mol. The van der Waals surface area contributed by atoms with Gasteiger partial charge < -0.3 is 4.74 Å². The molecule has 0 aromatic rings. The standard InChI is InChI=1S/C12H20O/c1-12(2)10-5-4-9(6-7-13-3)11(12)8-10/h4,10-11H,5-8H2,1-3H3/t10?,11-/m1/s1. The van der Waals surface area contributed by atoms with Gasteiger partial charge in [0.15, 0.2) is 0 Å². The molecule has 2 atom stereocenters. The fraction of sp³-hybridized carbons (Fsp3) is 0.833. The molecule has 1 saturated carbocycles. The summed E-state index contributed by atoms with van der Waals surface area (Å²) in [6.45, 7) is 5.74. The van der Waals surface area contributed by atoms with Crippen LogP contribution in [-0.4, -0.2) is 13.7 Å². The third-order valence-corrected chi connectivity index (χ3v) is 4.18. The van der Waals surface area contributed by atoms with Crippen LogP contribution in [0.5, 0.6) is 0 Å². The zero-order valence-electron chi connectivity index (χ0n) is 8.97. The summed E-state index contributed by atoms with van der Waals surface area (Å²) < 4.78 is 5.14. The Bertz CT molecular complexity index is 227. The first kappa shape index (κ1) is 9.26. The van der Waals surface area contributed by atoms with Crippen LogP contribution in [0.1, 0.15) is 33.1 Å². The predicted molar refractivity (Wildman–Crippen MR) is 54.6 cm³/mol. The molecular formula is C12H20O. The second kappa shape index (κ2) is 3.13. The van der Waals surface area contributed by atoms with Gasteiger partial charge in [0, 0.05) is 13.7 Å². The molecule has 0 aromatic carbocycles. The van der Waals surface area contributed by atoms with E-state index in [4.69, 9.17) is 4.74 Å². The van der Waals surface area contributed by atoms with Crippen molar-refractivity contribution >= 4 is 0 Å². The number of methoxy groups -OCH3 is 1. The number of rotatable bonds is 3. The molecule has 1 heteroatoms. The first-order valence-electron chi connectivity index (χ1n) is 5.34. The topological polar surface area (TPSA) is 9.23 Å². The first-order chi connectivity index (χ1) is 6.16. The molecule has 1 fully saturated rings. The Morgan fingerprint density at radius 1 is 1.54 bits per heavy atom. The van der Waals surface area contributed by atoms with Crippen molar-refractivity contribution in [2.75, 3.05) is 13.7 Å². The highest BCUT2D eigenvalue weighted by molar-refractivity contribution is 5.23. The van der Waals surface area contributed by atoms with Crippen molar-refractivity contribution in [1.29, 1.82) is 0 Å². The van der Waals surface area contributed by atoms with Gasteiger partial charge in [0.1, 0.15) is 0 Å². The molecule has 0 saturated heterocycles. The van der Waals surface area contributed by atoms with Crippen LogP contribution in [0.25, 0.3) is 0 Å². The highest BCUT2D eigenvalue weighted by Gasteiger charge is 2.50. The van der Waals surface area contributed by atoms with Crippen LogP contribution in [0.2, 0.25) is 0 Å². The molecule has 3 aliphatic rings. The van der Waals surface area contributed by atoms with Crippen LogP contribution in [0.3, 0.4) is 0 Å². The van der Waals surface area contributed by atoms with Gasteiger partial charge in [0.2, 0.25) is 0 Å². The molecule has 13 heavy (non-hydrogen) atoms. The Balaban J connectivity index is 2.01. The van der Waals surface area contributed by atoms with E-state index >= 15 is 0 Å². The molecule has 0 aromatic heterocycles. The van der Waals surface area contributed by atoms with Crippen LogP contribution in [0.4, 0.5) is 0 Å². The minimum absolute atomic E-state index is 0.581. The fourth-order valence-electron chi connectivity index (χ4n) is 2.98. The van der Waals surface area contributed by atoms with Gasteiger partial charge in [0.05, 0.1) is 0 Å². The molecule has 0 heterocycles. The quantitative estimate of drug-likeness (QED) is 0.607. The number of hydrogen-bond acceptors (Lipinski definition) is 1. The van der Waals surface area contributed by atoms with Gasteiger partial charge in [0.25, 0.3) is 0 Å². The molecule has 74 valence electrons. The summed E-state index contributed by atoms with van der Waals surface area (Å²) in [6, 6.07) is 0. The molecule has 0 amide bonds. The molecule has 1 unspecified atom stereocenters. The molecule has 2 bridgehead atoms. The Hall–Kier alpha value is -0.300. The number of fused-ring (bicyclic) bond motifs is 1. The molecule has 0 spiro atoms. The molecule has 0 N–H and O–H groups in total. The van der Waals surface area contributed by atoms with Crippen molar-refractivity contribution in [1.82, 2.24) is 0 Å². The average Bonchev–Trinajstić information content (AvgIpc) is 2.14. The van der Waals surface area contributed by atoms with Crippen molar-refractivity contribution in [3.63, 3.8) is 0 Å². The van der Waals surface area contributed by atoms with Crippen molar-refractivity contribution in [2.24, 2.45) is 17.3 Å². The van der Waals surface area contributed by atoms with Gasteiger partial charge in [-0.1, -0.05) is 25.5 Å². The summed E-state index contributed by atoms with van der Waals surface area (Å²) >= 11 is 0. The Morgan fingerprint density at radius 3 is 2.85 bits per heavy atom. The maximum Gasteiger partial charge on any atom is 0.0499 e. The Kier molecular flexibility index (Phi) is 2.23. The Labute approximate surface area is 81.2 Å². The van der Waals surface area contributed by atoms with Crippen LogP contribution < -0.4 is 0 Å². The van der Waals surface area contributed by atoms with Gasteiger partial charge >= 0.3 is 0 Å². The van der Waals surface area contributed by atoms with Gasteiger partial charge in [-0.3, -0.25) is 0 Å². The lowest BCUT2D eigenvalue weighted by atomic mass is 9.48. The van der Waals surface area contributed by atoms with E-state index in [0.717, 1.165) is 24.9 Å². The zero-order valence-corrected chi connectivity index (χ0v) is 8.97. The highest BCUT2D eigenvalue weighted by Crippen LogP contribution is 2.59. The lowest BCUT2D eigenvalue weighted by Crippen LogP contribution is -2.48. The predicted octanol–water partition coefficient (Wildman–Crippen LogP) is 3.02. The first-order valence-corrected chi connectivity index (χ1v) is 5.34. The SMILES string of the molecule is COCCC1=CCC2C[C@H]1C2(C)C. The van der Waals surface area contributed by atoms with E-state index in [1.807, 2.05) is 0 Å². The van der Waals surface area contributed by atoms with Crippen LogP contribution in [0, 0.1) is 17.3 Å². The number of hydrogen-bond donors (Lipinski definition) is 0. The van der Waals surface area contributed by atoms with E-state index in [1.165, 1.54) is 12.8 Å². The van der Waals surface area contributed by atoms with E-state index in [0.29, 0.717) is 5.41 Å². The third-order valence-electron chi connectivity index (χ3n) is 4.18. The number of allylic oxidation sites excluding steroid dienone is 1. The summed E-state index contributed by atoms with van der Waals surface area (Å²) in [5, 5.41) is 0. The van der Waals surface area contributed by atoms with Crippen LogP contribution in [0.15, 0.2) is 11.6 Å². The minimum Gasteiger partial charge on any atom is -0.384 e. The maximum atomic E-state index is 5.14. The summed E-state index contributed by atoms with van der Waals surface area (Å²) in [5.41, 5.74) is 2.24. The minimum atomic E-state index is 0.581. The van der Waals surface area contributed by atoms with E-state index in [2.05, 4.69) is 19.9 Å². The van der Waals surface area contributed by atoms with Crippen molar-refractivity contribution < 1.29 is 4.74 Å². The molecule has 0 aliphatic heterocycles. The normalized spacial score (nSPS) is 35.2. The van der Waals surface area contributed by atoms with Gasteiger partial charge in [-0.2, -0.15) is 0 Å². The summed E-state index contributed by atoms with van der Waals surface area (Å²) in [5.74, 6) is 1.82. The molecule has 1 nitrogen and oxygen atoms in total.